The molecular formula is C30H28F9NO3. The Morgan fingerprint density at radius 1 is 0.860 bits per heavy atom. The molecular weight excluding hydrogens is 593 g/mol. The summed E-state index contributed by atoms with van der Waals surface area (Å²) >= 11 is 0. The van der Waals surface area contributed by atoms with Gasteiger partial charge in [-0.05, 0) is 54.8 Å². The first-order valence-corrected chi connectivity index (χ1v) is 13.0. The van der Waals surface area contributed by atoms with Crippen LogP contribution in [0.5, 0.6) is 11.5 Å². The van der Waals surface area contributed by atoms with Gasteiger partial charge < -0.3 is 14.8 Å². The second kappa shape index (κ2) is 13.2. The summed E-state index contributed by atoms with van der Waals surface area (Å²) in [6.07, 6.45) is -16.0. The van der Waals surface area contributed by atoms with E-state index in [0.29, 0.717) is 11.6 Å². The number of benzene rings is 3. The molecule has 0 saturated heterocycles. The molecule has 2 unspecified atom stereocenters. The Labute approximate surface area is 241 Å². The van der Waals surface area contributed by atoms with E-state index in [4.69, 9.17) is 4.74 Å². The Hall–Kier alpha value is -3.90. The van der Waals surface area contributed by atoms with Gasteiger partial charge in [-0.3, -0.25) is 4.79 Å². The molecule has 0 aliphatic rings. The minimum atomic E-state index is -5.04. The first-order valence-electron chi connectivity index (χ1n) is 13.0. The van der Waals surface area contributed by atoms with Crippen molar-refractivity contribution >= 4 is 5.91 Å². The molecule has 0 aliphatic heterocycles. The fourth-order valence-electron chi connectivity index (χ4n) is 4.33. The molecule has 234 valence electrons. The molecule has 4 nitrogen and oxygen atoms in total. The van der Waals surface area contributed by atoms with E-state index in [1.165, 1.54) is 0 Å². The molecule has 3 rings (SSSR count). The highest BCUT2D eigenvalue weighted by molar-refractivity contribution is 5.78. The molecule has 1 N–H and O–H groups in total. The molecule has 0 fully saturated rings. The van der Waals surface area contributed by atoms with Crippen molar-refractivity contribution in [1.29, 1.82) is 0 Å². The maximum atomic E-state index is 14.9. The molecule has 1 amide bonds. The molecule has 3 aromatic rings. The predicted octanol–water partition coefficient (Wildman–Crippen LogP) is 8.18. The average Bonchev–Trinajstić information content (AvgIpc) is 2.88. The molecule has 0 aromatic heterocycles. The quantitative estimate of drug-likeness (QED) is 0.208. The van der Waals surface area contributed by atoms with Crippen LogP contribution >= 0.6 is 0 Å². The lowest BCUT2D eigenvalue weighted by atomic mass is 9.77. The number of hydrogen-bond donors (Lipinski definition) is 1. The summed E-state index contributed by atoms with van der Waals surface area (Å²) in [4.78, 5) is 13.2. The predicted molar refractivity (Wildman–Crippen MR) is 139 cm³/mol. The lowest BCUT2D eigenvalue weighted by Gasteiger charge is -2.37. The van der Waals surface area contributed by atoms with Crippen LogP contribution in [0.2, 0.25) is 0 Å². The van der Waals surface area contributed by atoms with E-state index in [1.54, 1.807) is 44.2 Å². The molecule has 0 spiro atoms. The third-order valence-corrected chi connectivity index (χ3v) is 6.37. The van der Waals surface area contributed by atoms with Crippen LogP contribution in [0.15, 0.2) is 66.7 Å². The van der Waals surface area contributed by atoms with E-state index >= 15 is 0 Å². The maximum absolute atomic E-state index is 14.9. The Morgan fingerprint density at radius 2 is 1.51 bits per heavy atom. The summed E-state index contributed by atoms with van der Waals surface area (Å²) < 4.78 is 133. The lowest BCUT2D eigenvalue weighted by molar-refractivity contribution is -0.253. The Morgan fingerprint density at radius 3 is 2.09 bits per heavy atom. The van der Waals surface area contributed by atoms with Crippen LogP contribution in [-0.4, -0.2) is 30.7 Å². The van der Waals surface area contributed by atoms with E-state index in [0.717, 1.165) is 37.3 Å². The number of amides is 1. The minimum Gasteiger partial charge on any atom is -0.488 e. The van der Waals surface area contributed by atoms with Crippen molar-refractivity contribution in [2.75, 3.05) is 0 Å². The van der Waals surface area contributed by atoms with Gasteiger partial charge in [-0.15, -0.1) is 0 Å². The van der Waals surface area contributed by atoms with Crippen molar-refractivity contribution in [1.82, 2.24) is 5.32 Å². The summed E-state index contributed by atoms with van der Waals surface area (Å²) in [5, 5.41) is 2.48. The second-order valence-electron chi connectivity index (χ2n) is 10.2. The van der Waals surface area contributed by atoms with E-state index in [2.05, 4.69) is 10.1 Å². The van der Waals surface area contributed by atoms with Crippen molar-refractivity contribution < 1.29 is 53.8 Å². The number of halogens is 9. The summed E-state index contributed by atoms with van der Waals surface area (Å²) in [6.45, 7) is 3.94. The number of alkyl halides is 7. The van der Waals surface area contributed by atoms with E-state index < -0.39 is 66.0 Å². The van der Waals surface area contributed by atoms with Gasteiger partial charge in [0.05, 0.1) is 17.6 Å². The fourth-order valence-corrected chi connectivity index (χ4v) is 4.33. The van der Waals surface area contributed by atoms with Crippen LogP contribution in [0, 0.1) is 17.6 Å². The van der Waals surface area contributed by atoms with E-state index in [-0.39, 0.29) is 23.3 Å². The normalized spacial score (nSPS) is 14.4. The Kier molecular flexibility index (Phi) is 10.3. The highest BCUT2D eigenvalue weighted by Gasteiger charge is 2.45. The fraction of sp³-hybridized carbons (Fsp3) is 0.367. The number of ether oxygens (including phenoxy) is 2. The van der Waals surface area contributed by atoms with Gasteiger partial charge in [0, 0.05) is 18.9 Å². The zero-order valence-electron chi connectivity index (χ0n) is 23.1. The standard InChI is InChI=1S/C30H28F9NO3/c1-17(2)42-25-14-20(9-10-24(25)32)28(16-19-7-5-4-6-8-19,40-26(41)11-18(3)29(35,36)37)21-12-22(31)15-23(13-21)43-30(38,39)27(33)34/h4-10,12-15,17-18,27H,11,16H2,1-3H3,(H,40,41). The van der Waals surface area contributed by atoms with Crippen LogP contribution < -0.4 is 14.8 Å². The van der Waals surface area contributed by atoms with Gasteiger partial charge in [0.2, 0.25) is 5.91 Å². The highest BCUT2D eigenvalue weighted by atomic mass is 19.4. The first kappa shape index (κ1) is 33.6. The zero-order valence-corrected chi connectivity index (χ0v) is 23.1. The largest absolute Gasteiger partial charge is 0.488 e. The molecule has 43 heavy (non-hydrogen) atoms. The number of carbonyl (C=O) groups is 1. The van der Waals surface area contributed by atoms with Crippen LogP contribution in [0.25, 0.3) is 0 Å². The van der Waals surface area contributed by atoms with E-state index in [1.807, 2.05) is 0 Å². The number of hydrogen-bond acceptors (Lipinski definition) is 3. The third kappa shape index (κ3) is 8.57. The number of rotatable bonds is 12. The summed E-state index contributed by atoms with van der Waals surface area (Å²) in [5.74, 6) is -6.79. The van der Waals surface area contributed by atoms with Gasteiger partial charge in [-0.25, -0.2) is 8.78 Å². The summed E-state index contributed by atoms with van der Waals surface area (Å²) in [7, 11) is 0. The molecule has 0 heterocycles. The average molecular weight is 622 g/mol. The second-order valence-corrected chi connectivity index (χ2v) is 10.2. The molecule has 3 aromatic carbocycles. The lowest BCUT2D eigenvalue weighted by Crippen LogP contribution is -2.49. The van der Waals surface area contributed by atoms with Crippen molar-refractivity contribution in [2.45, 2.75) is 64.0 Å². The smallest absolute Gasteiger partial charge is 0.461 e. The Balaban J connectivity index is 2.32. The SMILES string of the molecule is CC(C)Oc1cc(C(Cc2ccccc2)(NC(=O)CC(C)C(F)(F)F)c2cc(F)cc(OC(F)(F)C(F)F)c2)ccc1F. The van der Waals surface area contributed by atoms with Gasteiger partial charge in [0.1, 0.15) is 11.6 Å². The van der Waals surface area contributed by atoms with Crippen molar-refractivity contribution in [2.24, 2.45) is 5.92 Å². The van der Waals surface area contributed by atoms with Crippen molar-refractivity contribution in [3.63, 3.8) is 0 Å². The minimum absolute atomic E-state index is 0.0430. The summed E-state index contributed by atoms with van der Waals surface area (Å²) in [5.41, 5.74) is -2.07. The molecule has 2 atom stereocenters. The van der Waals surface area contributed by atoms with Gasteiger partial charge in [0.15, 0.2) is 11.6 Å². The van der Waals surface area contributed by atoms with Crippen LogP contribution in [0.3, 0.4) is 0 Å². The monoisotopic (exact) mass is 621 g/mol. The molecule has 0 bridgehead atoms. The molecule has 0 aliphatic carbocycles. The number of nitrogens with one attached hydrogen (secondary N) is 1. The van der Waals surface area contributed by atoms with Crippen molar-refractivity contribution in [3.8, 4) is 11.5 Å². The first-order chi connectivity index (χ1) is 19.9. The van der Waals surface area contributed by atoms with Gasteiger partial charge in [-0.1, -0.05) is 43.3 Å². The third-order valence-electron chi connectivity index (χ3n) is 6.37. The summed E-state index contributed by atoms with van der Waals surface area (Å²) in [6, 6.07) is 13.1. The van der Waals surface area contributed by atoms with Gasteiger partial charge >= 0.3 is 18.7 Å². The highest BCUT2D eigenvalue weighted by Crippen LogP contribution is 2.40. The molecule has 0 saturated carbocycles. The van der Waals surface area contributed by atoms with Gasteiger partial charge in [0.25, 0.3) is 0 Å². The van der Waals surface area contributed by atoms with Crippen molar-refractivity contribution in [3.05, 3.63) is 95.1 Å². The topological polar surface area (TPSA) is 47.6 Å². The maximum Gasteiger partial charge on any atom is 0.461 e. The Bertz CT molecular complexity index is 1400. The molecule has 13 heteroatoms. The van der Waals surface area contributed by atoms with Crippen LogP contribution in [-0.2, 0) is 16.8 Å². The van der Waals surface area contributed by atoms with Gasteiger partial charge in [-0.2, -0.15) is 30.7 Å². The molecule has 0 radical (unpaired) electrons. The van der Waals surface area contributed by atoms with Crippen LogP contribution in [0.4, 0.5) is 39.5 Å². The number of carbonyl (C=O) groups excluding carboxylic acids is 1. The van der Waals surface area contributed by atoms with E-state index in [9.17, 15) is 44.3 Å². The van der Waals surface area contributed by atoms with Crippen LogP contribution in [0.1, 0.15) is 43.9 Å². The zero-order chi connectivity index (χ0) is 32.2.